The molecule has 1 heterocycles. The van der Waals surface area contributed by atoms with Crippen molar-refractivity contribution in [1.29, 1.82) is 5.26 Å². The van der Waals surface area contributed by atoms with E-state index in [0.29, 0.717) is 18.1 Å². The van der Waals surface area contributed by atoms with Crippen molar-refractivity contribution in [3.8, 4) is 6.07 Å². The predicted molar refractivity (Wildman–Crippen MR) is 81.4 cm³/mol. The predicted octanol–water partition coefficient (Wildman–Crippen LogP) is 1.73. The fourth-order valence-electron chi connectivity index (χ4n) is 2.02. The van der Waals surface area contributed by atoms with Crippen LogP contribution in [0.5, 0.6) is 0 Å². The summed E-state index contributed by atoms with van der Waals surface area (Å²) >= 11 is 5.76. The molecule has 0 spiro atoms. The van der Waals surface area contributed by atoms with E-state index < -0.39 is 9.84 Å². The van der Waals surface area contributed by atoms with E-state index in [1.54, 1.807) is 6.07 Å². The molecule has 0 amide bonds. The van der Waals surface area contributed by atoms with Crippen molar-refractivity contribution in [1.82, 2.24) is 9.80 Å². The van der Waals surface area contributed by atoms with Crippen molar-refractivity contribution < 1.29 is 8.42 Å². The molecule has 112 valence electrons. The minimum absolute atomic E-state index is 0.0776. The van der Waals surface area contributed by atoms with Crippen LogP contribution in [0.1, 0.15) is 0 Å². The lowest BCUT2D eigenvalue weighted by molar-refractivity contribution is 0.198. The number of sulfone groups is 1. The summed E-state index contributed by atoms with van der Waals surface area (Å²) in [7, 11) is -1.78. The molecule has 1 aromatic rings. The van der Waals surface area contributed by atoms with Crippen LogP contribution in [0, 0.1) is 11.3 Å². The minimum Gasteiger partial charge on any atom is -0.373 e. The molecular weight excluding hydrogens is 310 g/mol. The van der Waals surface area contributed by atoms with Gasteiger partial charge in [0.2, 0.25) is 9.84 Å². The van der Waals surface area contributed by atoms with Gasteiger partial charge in [-0.25, -0.2) is 8.42 Å². The molecule has 0 saturated carbocycles. The number of likely N-dealkylation sites (N-methyl/N-ethyl adjacent to an activating group) is 1. The van der Waals surface area contributed by atoms with Gasteiger partial charge in [-0.3, -0.25) is 0 Å². The van der Waals surface area contributed by atoms with Gasteiger partial charge in [0.25, 0.3) is 0 Å². The first-order valence-electron chi connectivity index (χ1n) is 6.48. The third-order valence-electron chi connectivity index (χ3n) is 3.36. The number of nitriles is 1. The molecular formula is C14H16ClN3O2S. The summed E-state index contributed by atoms with van der Waals surface area (Å²) in [6.45, 7) is 3.10. The second-order valence-corrected chi connectivity index (χ2v) is 7.26. The first-order chi connectivity index (χ1) is 9.93. The van der Waals surface area contributed by atoms with Gasteiger partial charge in [0.15, 0.2) is 4.91 Å². The molecule has 1 saturated heterocycles. The Kier molecular flexibility index (Phi) is 4.88. The van der Waals surface area contributed by atoms with Crippen LogP contribution in [0.3, 0.4) is 0 Å². The molecule has 0 unspecified atom stereocenters. The van der Waals surface area contributed by atoms with Crippen LogP contribution in [0.2, 0.25) is 5.02 Å². The minimum atomic E-state index is -3.79. The molecule has 5 nitrogen and oxygen atoms in total. The van der Waals surface area contributed by atoms with Crippen LogP contribution in [0.15, 0.2) is 40.3 Å². The Balaban J connectivity index is 2.28. The maximum atomic E-state index is 12.4. The Labute approximate surface area is 129 Å². The van der Waals surface area contributed by atoms with Gasteiger partial charge in [0.05, 0.1) is 4.90 Å². The zero-order valence-electron chi connectivity index (χ0n) is 11.7. The number of halogens is 1. The van der Waals surface area contributed by atoms with Crippen LogP contribution in [0.4, 0.5) is 0 Å². The second kappa shape index (κ2) is 6.48. The van der Waals surface area contributed by atoms with Gasteiger partial charge in [-0.15, -0.1) is 0 Å². The summed E-state index contributed by atoms with van der Waals surface area (Å²) in [5.41, 5.74) is 0. The summed E-state index contributed by atoms with van der Waals surface area (Å²) in [5.74, 6) is 0. The molecule has 1 aliphatic heterocycles. The van der Waals surface area contributed by atoms with E-state index in [2.05, 4.69) is 4.90 Å². The van der Waals surface area contributed by atoms with Crippen molar-refractivity contribution in [2.45, 2.75) is 4.90 Å². The van der Waals surface area contributed by atoms with E-state index in [4.69, 9.17) is 11.6 Å². The SMILES string of the molecule is CN1CCN(/C=C(\C#N)S(=O)(=O)c2ccc(Cl)cc2)CC1. The van der Waals surface area contributed by atoms with Crippen molar-refractivity contribution in [2.24, 2.45) is 0 Å². The Hall–Kier alpha value is -1.55. The molecule has 0 N–H and O–H groups in total. The fourth-order valence-corrected chi connectivity index (χ4v) is 3.30. The van der Waals surface area contributed by atoms with Crippen LogP contribution in [-0.4, -0.2) is 51.4 Å². The largest absolute Gasteiger partial charge is 0.373 e. The summed E-state index contributed by atoms with van der Waals surface area (Å²) in [5, 5.41) is 9.65. The average molecular weight is 326 g/mol. The highest BCUT2D eigenvalue weighted by molar-refractivity contribution is 7.95. The monoisotopic (exact) mass is 325 g/mol. The molecule has 21 heavy (non-hydrogen) atoms. The molecule has 1 fully saturated rings. The highest BCUT2D eigenvalue weighted by Crippen LogP contribution is 2.21. The lowest BCUT2D eigenvalue weighted by Gasteiger charge is -2.31. The molecule has 2 rings (SSSR count). The average Bonchev–Trinajstić information content (AvgIpc) is 2.47. The first-order valence-corrected chi connectivity index (χ1v) is 8.35. The topological polar surface area (TPSA) is 64.4 Å². The van der Waals surface area contributed by atoms with E-state index in [9.17, 15) is 13.7 Å². The Bertz CT molecular complexity index is 669. The van der Waals surface area contributed by atoms with Gasteiger partial charge < -0.3 is 9.80 Å². The standard InChI is InChI=1S/C14H16ClN3O2S/c1-17-6-8-18(9-7-17)11-14(10-16)21(19,20)13-4-2-12(15)3-5-13/h2-5,11H,6-9H2,1H3/b14-11+. The first kappa shape index (κ1) is 15.8. The molecule has 7 heteroatoms. The fraction of sp³-hybridized carbons (Fsp3) is 0.357. The van der Waals surface area contributed by atoms with E-state index in [1.165, 1.54) is 30.5 Å². The maximum absolute atomic E-state index is 12.4. The quantitative estimate of drug-likeness (QED) is 0.792. The number of allylic oxidation sites excluding steroid dienone is 1. The number of rotatable bonds is 3. The van der Waals surface area contributed by atoms with Crippen molar-refractivity contribution >= 4 is 21.4 Å². The smallest absolute Gasteiger partial charge is 0.218 e. The van der Waals surface area contributed by atoms with E-state index in [1.807, 2.05) is 11.9 Å². The van der Waals surface area contributed by atoms with E-state index >= 15 is 0 Å². The third-order valence-corrected chi connectivity index (χ3v) is 5.28. The van der Waals surface area contributed by atoms with Crippen molar-refractivity contribution in [3.63, 3.8) is 0 Å². The molecule has 0 aromatic heterocycles. The van der Waals surface area contributed by atoms with E-state index in [0.717, 1.165) is 13.1 Å². The molecule has 0 bridgehead atoms. The summed E-state index contributed by atoms with van der Waals surface area (Å²) in [6.07, 6.45) is 1.44. The number of nitrogens with zero attached hydrogens (tertiary/aromatic N) is 3. The number of piperazine rings is 1. The number of hydrogen-bond donors (Lipinski definition) is 0. The van der Waals surface area contributed by atoms with Crippen LogP contribution >= 0.6 is 11.6 Å². The summed E-state index contributed by atoms with van der Waals surface area (Å²) in [4.78, 5) is 3.86. The zero-order chi connectivity index (χ0) is 15.5. The van der Waals surface area contributed by atoms with Gasteiger partial charge in [-0.1, -0.05) is 11.6 Å². The molecule has 0 aliphatic carbocycles. The lowest BCUT2D eigenvalue weighted by Crippen LogP contribution is -2.42. The lowest BCUT2D eigenvalue weighted by atomic mass is 10.3. The summed E-state index contributed by atoms with van der Waals surface area (Å²) < 4.78 is 24.9. The van der Waals surface area contributed by atoms with Gasteiger partial charge in [-0.2, -0.15) is 5.26 Å². The molecule has 0 atom stereocenters. The maximum Gasteiger partial charge on any atom is 0.218 e. The van der Waals surface area contributed by atoms with Crippen LogP contribution in [0.25, 0.3) is 0 Å². The Morgan fingerprint density at radius 2 is 1.81 bits per heavy atom. The van der Waals surface area contributed by atoms with Gasteiger partial charge in [-0.05, 0) is 31.3 Å². The highest BCUT2D eigenvalue weighted by Gasteiger charge is 2.22. The van der Waals surface area contributed by atoms with Gasteiger partial charge >= 0.3 is 0 Å². The van der Waals surface area contributed by atoms with Gasteiger partial charge in [0, 0.05) is 37.4 Å². The third kappa shape index (κ3) is 3.76. The second-order valence-electron chi connectivity index (χ2n) is 4.90. The molecule has 0 radical (unpaired) electrons. The van der Waals surface area contributed by atoms with Crippen LogP contribution in [-0.2, 0) is 9.84 Å². The normalized spacial score (nSPS) is 17.6. The number of benzene rings is 1. The summed E-state index contributed by atoms with van der Waals surface area (Å²) in [6, 6.07) is 7.62. The molecule has 1 aromatic carbocycles. The van der Waals surface area contributed by atoms with E-state index in [-0.39, 0.29) is 9.80 Å². The highest BCUT2D eigenvalue weighted by atomic mass is 35.5. The Morgan fingerprint density at radius 1 is 1.24 bits per heavy atom. The van der Waals surface area contributed by atoms with Gasteiger partial charge in [0.1, 0.15) is 6.07 Å². The Morgan fingerprint density at radius 3 is 2.33 bits per heavy atom. The number of hydrogen-bond acceptors (Lipinski definition) is 5. The van der Waals surface area contributed by atoms with Crippen molar-refractivity contribution in [2.75, 3.05) is 33.2 Å². The van der Waals surface area contributed by atoms with Crippen LogP contribution < -0.4 is 0 Å². The zero-order valence-corrected chi connectivity index (χ0v) is 13.2. The molecule has 1 aliphatic rings. The van der Waals surface area contributed by atoms with Crippen molar-refractivity contribution in [3.05, 3.63) is 40.4 Å².